The predicted molar refractivity (Wildman–Crippen MR) is 161 cm³/mol. The van der Waals surface area contributed by atoms with Crippen LogP contribution in [0.5, 0.6) is 0 Å². The molecule has 1 aliphatic heterocycles. The van der Waals surface area contributed by atoms with Crippen molar-refractivity contribution in [2.75, 3.05) is 20.1 Å². The maximum atomic E-state index is 12.2. The topological polar surface area (TPSA) is 97.3 Å². The van der Waals surface area contributed by atoms with Gasteiger partial charge in [-0.15, -0.1) is 6.58 Å². The zero-order valence-electron chi connectivity index (χ0n) is 24.5. The Kier molecular flexibility index (Phi) is 11.0. The first-order chi connectivity index (χ1) is 20.2. The van der Waals surface area contributed by atoms with Gasteiger partial charge in [-0.1, -0.05) is 72.8 Å². The Labute approximate surface area is 247 Å². The number of carbonyl (C=O) groups excluding carboxylic acids is 2. The van der Waals surface area contributed by atoms with E-state index < -0.39 is 18.4 Å². The number of hydrogen-bond donors (Lipinski definition) is 2. The average molecular weight is 573 g/mol. The van der Waals surface area contributed by atoms with Gasteiger partial charge in [0.25, 0.3) is 5.91 Å². The summed E-state index contributed by atoms with van der Waals surface area (Å²) < 4.78 is 17.9. The minimum Gasteiger partial charge on any atom is -0.453 e. The van der Waals surface area contributed by atoms with Crippen LogP contribution in [0.4, 0.5) is 0 Å². The molecule has 4 rings (SSSR count). The van der Waals surface area contributed by atoms with E-state index in [-0.39, 0.29) is 24.7 Å². The third kappa shape index (κ3) is 8.59. The minimum atomic E-state index is -0.844. The summed E-state index contributed by atoms with van der Waals surface area (Å²) in [5, 5.41) is 12.3. The van der Waals surface area contributed by atoms with Crippen molar-refractivity contribution in [1.29, 1.82) is 0 Å². The molecule has 8 heteroatoms. The van der Waals surface area contributed by atoms with Gasteiger partial charge < -0.3 is 29.5 Å². The molecule has 3 aromatic rings. The molecule has 2 N–H and O–H groups in total. The molecule has 1 aliphatic rings. The Bertz CT molecular complexity index is 1340. The van der Waals surface area contributed by atoms with E-state index in [1.165, 1.54) is 6.92 Å². The molecule has 1 heterocycles. The van der Waals surface area contributed by atoms with Crippen LogP contribution in [0.25, 0.3) is 11.1 Å². The minimum absolute atomic E-state index is 0.00565. The molecule has 0 radical (unpaired) electrons. The van der Waals surface area contributed by atoms with Gasteiger partial charge in [0.2, 0.25) is 0 Å². The summed E-state index contributed by atoms with van der Waals surface area (Å²) in [5.41, 5.74) is 5.81. The maximum absolute atomic E-state index is 12.2. The molecule has 1 saturated heterocycles. The molecule has 1 amide bonds. The highest BCUT2D eigenvalue weighted by Crippen LogP contribution is 2.38. The van der Waals surface area contributed by atoms with Gasteiger partial charge in [0.05, 0.1) is 18.8 Å². The molecule has 0 saturated carbocycles. The largest absolute Gasteiger partial charge is 0.453 e. The molecule has 222 valence electrons. The molecule has 0 aliphatic carbocycles. The predicted octanol–water partition coefficient (Wildman–Crippen LogP) is 5.08. The van der Waals surface area contributed by atoms with Crippen LogP contribution in [0.1, 0.15) is 54.9 Å². The third-order valence-corrected chi connectivity index (χ3v) is 7.19. The molecule has 42 heavy (non-hydrogen) atoms. The Balaban J connectivity index is 1.47. The van der Waals surface area contributed by atoms with Crippen LogP contribution in [0.3, 0.4) is 0 Å². The van der Waals surface area contributed by atoms with Crippen molar-refractivity contribution in [2.45, 2.75) is 58.0 Å². The number of nitrogens with one attached hydrogen (secondary N) is 1. The van der Waals surface area contributed by atoms with Crippen molar-refractivity contribution in [2.24, 2.45) is 0 Å². The third-order valence-electron chi connectivity index (χ3n) is 7.19. The maximum Gasteiger partial charge on any atom is 0.303 e. The molecule has 8 nitrogen and oxygen atoms in total. The summed E-state index contributed by atoms with van der Waals surface area (Å²) in [4.78, 5) is 25.5. The van der Waals surface area contributed by atoms with Crippen LogP contribution in [0, 0.1) is 0 Å². The Morgan fingerprint density at radius 3 is 2.43 bits per heavy atom. The fourth-order valence-corrected chi connectivity index (χ4v) is 5.00. The van der Waals surface area contributed by atoms with Gasteiger partial charge in [-0.2, -0.15) is 0 Å². The van der Waals surface area contributed by atoms with Crippen molar-refractivity contribution in [3.05, 3.63) is 108 Å². The van der Waals surface area contributed by atoms with Gasteiger partial charge in [-0.05, 0) is 47.9 Å². The van der Waals surface area contributed by atoms with Crippen LogP contribution >= 0.6 is 0 Å². The van der Waals surface area contributed by atoms with Gasteiger partial charge in [-0.3, -0.25) is 9.59 Å². The monoisotopic (exact) mass is 572 g/mol. The highest BCUT2D eigenvalue weighted by molar-refractivity contribution is 5.82. The van der Waals surface area contributed by atoms with E-state index >= 15 is 0 Å². The van der Waals surface area contributed by atoms with Crippen molar-refractivity contribution >= 4 is 11.9 Å². The van der Waals surface area contributed by atoms with Gasteiger partial charge in [0.1, 0.15) is 0 Å². The first kappa shape index (κ1) is 31.1. The number of likely N-dealkylation sites (N-methyl/N-ethyl adjacent to an activating group) is 1. The van der Waals surface area contributed by atoms with Crippen molar-refractivity contribution in [3.63, 3.8) is 0 Å². The fraction of sp³-hybridized carbons (Fsp3) is 0.353. The summed E-state index contributed by atoms with van der Waals surface area (Å²) >= 11 is 0. The van der Waals surface area contributed by atoms with E-state index in [0.29, 0.717) is 6.54 Å². The number of hydrogen-bond acceptors (Lipinski definition) is 7. The quantitative estimate of drug-likeness (QED) is 0.231. The van der Waals surface area contributed by atoms with E-state index in [4.69, 9.17) is 14.2 Å². The summed E-state index contributed by atoms with van der Waals surface area (Å²) in [6, 6.07) is 23.9. The normalized spacial score (nSPS) is 19.2. The lowest BCUT2D eigenvalue weighted by Crippen LogP contribution is -2.37. The summed E-state index contributed by atoms with van der Waals surface area (Å²) in [7, 11) is 2.05. The van der Waals surface area contributed by atoms with Gasteiger partial charge in [-0.25, -0.2) is 0 Å². The van der Waals surface area contributed by atoms with Crippen molar-refractivity contribution in [1.82, 2.24) is 10.2 Å². The van der Waals surface area contributed by atoms with E-state index in [1.807, 2.05) is 78.9 Å². The number of benzene rings is 3. The Morgan fingerprint density at radius 2 is 1.76 bits per heavy atom. The number of esters is 1. The molecule has 0 bridgehead atoms. The lowest BCUT2D eigenvalue weighted by Gasteiger charge is -2.37. The van der Waals surface area contributed by atoms with Crippen molar-refractivity contribution in [3.8, 4) is 11.1 Å². The number of ether oxygens (including phenoxy) is 3. The highest BCUT2D eigenvalue weighted by atomic mass is 16.7. The van der Waals surface area contributed by atoms with Gasteiger partial charge >= 0.3 is 5.97 Å². The van der Waals surface area contributed by atoms with Crippen LogP contribution in [0.15, 0.2) is 85.5 Å². The van der Waals surface area contributed by atoms with E-state index in [9.17, 15) is 14.7 Å². The molecule has 0 unspecified atom stereocenters. The SMILES string of the molecule is C=CCN(C)C[C@H]1C[C@@H](c2ccc(CO)cc2)O[C@@H](c2ccc(-c3cccc(CNC(=O)[C@H](C)OC(C)=O)c3)cc2)O1. The molecule has 0 spiro atoms. The second kappa shape index (κ2) is 14.9. The summed E-state index contributed by atoms with van der Waals surface area (Å²) in [6.07, 6.45) is 1.05. The molecular formula is C34H40N2O6. The Morgan fingerprint density at radius 1 is 1.05 bits per heavy atom. The van der Waals surface area contributed by atoms with E-state index in [1.54, 1.807) is 6.92 Å². The first-order valence-electron chi connectivity index (χ1n) is 14.2. The lowest BCUT2D eigenvalue weighted by molar-refractivity contribution is -0.252. The number of nitrogens with zero attached hydrogens (tertiary/aromatic N) is 1. The van der Waals surface area contributed by atoms with Crippen LogP contribution < -0.4 is 5.32 Å². The molecule has 4 atom stereocenters. The summed E-state index contributed by atoms with van der Waals surface area (Å²) in [5.74, 6) is -0.834. The zero-order chi connectivity index (χ0) is 30.1. The van der Waals surface area contributed by atoms with Crippen LogP contribution in [-0.4, -0.2) is 54.2 Å². The molecule has 1 fully saturated rings. The average Bonchev–Trinajstić information content (AvgIpc) is 2.99. The lowest BCUT2D eigenvalue weighted by atomic mass is 9.99. The highest BCUT2D eigenvalue weighted by Gasteiger charge is 2.32. The second-order valence-electron chi connectivity index (χ2n) is 10.7. The first-order valence-corrected chi connectivity index (χ1v) is 14.2. The standard InChI is InChI=1S/C34H40N2O6/c1-5-17-36(4)21-31-19-32(28-11-9-25(22-37)10-12-28)42-34(41-31)29-15-13-27(14-16-29)30-8-6-7-26(18-30)20-35-33(39)23(2)40-24(3)38/h5-16,18,23,31-32,34,37H,1,17,19-22H2,2-4H3,(H,35,39)/t23-,31+,32-,34-/m0/s1. The molecule has 0 aromatic heterocycles. The number of aliphatic hydroxyl groups is 1. The number of aliphatic hydroxyl groups excluding tert-OH is 1. The van der Waals surface area contributed by atoms with E-state index in [2.05, 4.69) is 23.8 Å². The van der Waals surface area contributed by atoms with Gasteiger partial charge in [0, 0.05) is 38.5 Å². The number of amides is 1. The van der Waals surface area contributed by atoms with Crippen LogP contribution in [-0.2, 0) is 37.0 Å². The van der Waals surface area contributed by atoms with Gasteiger partial charge in [0.15, 0.2) is 12.4 Å². The fourth-order valence-electron chi connectivity index (χ4n) is 5.00. The van der Waals surface area contributed by atoms with Crippen molar-refractivity contribution < 1.29 is 28.9 Å². The smallest absolute Gasteiger partial charge is 0.303 e. The Hall–Kier alpha value is -3.82. The van der Waals surface area contributed by atoms with E-state index in [0.717, 1.165) is 52.9 Å². The molecular weight excluding hydrogens is 532 g/mol. The molecule has 3 aromatic carbocycles. The number of rotatable bonds is 12. The second-order valence-corrected chi connectivity index (χ2v) is 10.7. The summed E-state index contributed by atoms with van der Waals surface area (Å²) in [6.45, 7) is 8.52. The zero-order valence-corrected chi connectivity index (χ0v) is 24.5. The van der Waals surface area contributed by atoms with Crippen LogP contribution in [0.2, 0.25) is 0 Å². The number of carbonyl (C=O) groups is 2.